The first-order chi connectivity index (χ1) is 34.8. The van der Waals surface area contributed by atoms with E-state index >= 15 is 8.78 Å². The molecule has 8 rings (SSSR count). The highest BCUT2D eigenvalue weighted by molar-refractivity contribution is 7.13. The van der Waals surface area contributed by atoms with Crippen LogP contribution in [-0.2, 0) is 32.3 Å². The molecule has 0 radical (unpaired) electrons. The van der Waals surface area contributed by atoms with E-state index in [0.29, 0.717) is 69.1 Å². The number of imidazole rings is 1. The number of carbonyl (C=O) groups is 4. The van der Waals surface area contributed by atoms with Crippen molar-refractivity contribution >= 4 is 57.8 Å². The topological polar surface area (TPSA) is 204 Å². The molecule has 4 aromatic heterocycles. The third-order valence-electron chi connectivity index (χ3n) is 13.4. The van der Waals surface area contributed by atoms with E-state index in [-0.39, 0.29) is 72.4 Å². The number of aliphatic hydroxyl groups is 1. The first-order valence-electron chi connectivity index (χ1n) is 24.8. The zero-order chi connectivity index (χ0) is 52.1. The van der Waals surface area contributed by atoms with E-state index in [1.807, 2.05) is 86.9 Å². The molecule has 0 spiro atoms. The van der Waals surface area contributed by atoms with Crippen molar-refractivity contribution in [2.24, 2.45) is 5.41 Å². The van der Waals surface area contributed by atoms with E-state index in [1.54, 1.807) is 36.6 Å². The first-order valence-corrected chi connectivity index (χ1v) is 25.7. The molecule has 6 aromatic rings. The van der Waals surface area contributed by atoms with Gasteiger partial charge in [-0.25, -0.2) is 33.7 Å². The molecule has 73 heavy (non-hydrogen) atoms. The molecule has 0 bridgehead atoms. The van der Waals surface area contributed by atoms with Gasteiger partial charge in [0.05, 0.1) is 33.9 Å². The Kier molecular flexibility index (Phi) is 16.2. The highest BCUT2D eigenvalue weighted by Crippen LogP contribution is 2.32. The number of likely N-dealkylation sites (tertiary alicyclic amines) is 1. The van der Waals surface area contributed by atoms with E-state index in [2.05, 4.69) is 45.8 Å². The fraction of sp³-hybridized carbons (Fsp3) is 0.453. The lowest BCUT2D eigenvalue weighted by Gasteiger charge is -2.35. The number of pyridine rings is 1. The highest BCUT2D eigenvalue weighted by atomic mass is 32.1. The monoisotopic (exact) mass is 1020 g/mol. The van der Waals surface area contributed by atoms with Crippen LogP contribution in [0.5, 0.6) is 0 Å². The summed E-state index contributed by atoms with van der Waals surface area (Å²) in [6, 6.07) is 12.7. The summed E-state index contributed by atoms with van der Waals surface area (Å²) in [6.07, 6.45) is 3.37. The third-order valence-corrected chi connectivity index (χ3v) is 14.4. The maximum atomic E-state index is 15.2. The predicted molar refractivity (Wildman–Crippen MR) is 275 cm³/mol. The van der Waals surface area contributed by atoms with Gasteiger partial charge in [-0.3, -0.25) is 24.1 Å². The van der Waals surface area contributed by atoms with Gasteiger partial charge in [0, 0.05) is 82.9 Å². The lowest BCUT2D eigenvalue weighted by atomic mass is 9.85. The van der Waals surface area contributed by atoms with Crippen molar-refractivity contribution in [2.45, 2.75) is 118 Å². The van der Waals surface area contributed by atoms with E-state index < -0.39 is 41.1 Å². The van der Waals surface area contributed by atoms with E-state index in [9.17, 15) is 24.3 Å². The largest absolute Gasteiger partial charge is 0.391 e. The summed E-state index contributed by atoms with van der Waals surface area (Å²) < 4.78 is 32.2. The Morgan fingerprint density at radius 2 is 1.59 bits per heavy atom. The number of rotatable bonds is 17. The minimum Gasteiger partial charge on any atom is -0.391 e. The van der Waals surface area contributed by atoms with Crippen LogP contribution >= 0.6 is 11.3 Å². The highest BCUT2D eigenvalue weighted by Gasteiger charge is 2.44. The van der Waals surface area contributed by atoms with Crippen molar-refractivity contribution in [3.05, 3.63) is 101 Å². The Morgan fingerprint density at radius 3 is 2.26 bits per heavy atom. The zero-order valence-corrected chi connectivity index (χ0v) is 43.2. The average molecular weight is 1020 g/mol. The quantitative estimate of drug-likeness (QED) is 0.0668. The number of unbranched alkanes of at least 4 members (excludes halogenated alkanes) is 1. The number of aliphatic hydroxyl groups excluding tert-OH is 1. The normalized spacial score (nSPS) is 16.8. The number of nitrogens with zero attached hydrogens (tertiary/aromatic N) is 9. The summed E-state index contributed by atoms with van der Waals surface area (Å²) in [5.41, 5.74) is 5.94. The number of piperazine rings is 1. The van der Waals surface area contributed by atoms with Gasteiger partial charge >= 0.3 is 0 Å². The molecule has 3 atom stereocenters. The summed E-state index contributed by atoms with van der Waals surface area (Å²) in [7, 11) is 0. The Labute approximate surface area is 427 Å². The lowest BCUT2D eigenvalue weighted by Crippen LogP contribution is -2.57. The number of aromatic nitrogens is 6. The van der Waals surface area contributed by atoms with Crippen LogP contribution in [-0.4, -0.2) is 124 Å². The minimum atomic E-state index is -0.940. The summed E-state index contributed by atoms with van der Waals surface area (Å²) in [5.74, 6) is -1.15. The number of benzene rings is 2. The summed E-state index contributed by atoms with van der Waals surface area (Å²) >= 11 is 1.57. The Bertz CT molecular complexity index is 2950. The number of hydrogen-bond donors (Lipinski definition) is 4. The van der Waals surface area contributed by atoms with Gasteiger partial charge in [-0.1, -0.05) is 51.1 Å². The number of carbonyl (C=O) groups excluding carboxylic acids is 4. The molecule has 2 aliphatic rings. The number of halogens is 2. The van der Waals surface area contributed by atoms with Gasteiger partial charge in [0.2, 0.25) is 29.6 Å². The maximum absolute atomic E-state index is 15.2. The number of nitrogens with one attached hydrogen (secondary N) is 3. The summed E-state index contributed by atoms with van der Waals surface area (Å²) in [5, 5.41) is 19.5. The van der Waals surface area contributed by atoms with Crippen LogP contribution in [0.2, 0.25) is 0 Å². The van der Waals surface area contributed by atoms with Crippen LogP contribution in [0, 0.1) is 30.9 Å². The zero-order valence-electron chi connectivity index (χ0n) is 42.4. The number of thiazole rings is 1. The molecule has 2 aromatic carbocycles. The summed E-state index contributed by atoms with van der Waals surface area (Å²) in [6.45, 7) is 16.6. The predicted octanol–water partition coefficient (Wildman–Crippen LogP) is 7.25. The summed E-state index contributed by atoms with van der Waals surface area (Å²) in [4.78, 5) is 82.3. The molecule has 2 fully saturated rings. The number of fused-ring (bicyclic) bond motifs is 1. The molecule has 2 aliphatic heterocycles. The minimum absolute atomic E-state index is 0.0160. The lowest BCUT2D eigenvalue weighted by molar-refractivity contribution is -0.144. The fourth-order valence-corrected chi connectivity index (χ4v) is 10.4. The fourth-order valence-electron chi connectivity index (χ4n) is 9.54. The molecular formula is C53H64F2N12O5S. The molecule has 386 valence electrons. The van der Waals surface area contributed by atoms with Crippen LogP contribution in [0.15, 0.2) is 66.4 Å². The Morgan fingerprint density at radius 1 is 0.863 bits per heavy atom. The molecule has 0 saturated carbocycles. The van der Waals surface area contributed by atoms with Gasteiger partial charge in [-0.2, -0.15) is 0 Å². The van der Waals surface area contributed by atoms with Crippen molar-refractivity contribution in [1.29, 1.82) is 0 Å². The Hall–Kier alpha value is -6.77. The second kappa shape index (κ2) is 22.6. The standard InChI is InChI=1S/C53H64F2N12O5S/c1-31(2)67-33(4)60-47-39(54)22-37(23-41(47)67)46-40(55)27-58-52(63-46)61-43-17-14-35(26-56-43)28-64-18-20-65(21-19-64)45(70)11-9-8-10-44(69)62-49(53(5,6)7)51(72)66-29-38(68)24-42(66)50(71)57-25-34-12-15-36(16-13-34)48-32(3)59-30-73-48/h12-17,22-23,26-27,30-31,38,42,49,68H,8-11,18-21,24-25,28-29H2,1-7H3,(H,57,71)(H,62,69)(H,56,58,61,63)/t38-,42+,49-/m1/s1. The van der Waals surface area contributed by atoms with Crippen LogP contribution in [0.1, 0.15) is 95.4 Å². The molecule has 4 N–H and O–H groups in total. The van der Waals surface area contributed by atoms with Crippen molar-refractivity contribution in [1.82, 2.24) is 54.8 Å². The van der Waals surface area contributed by atoms with Crippen LogP contribution < -0.4 is 16.0 Å². The van der Waals surface area contributed by atoms with E-state index in [1.165, 1.54) is 11.0 Å². The van der Waals surface area contributed by atoms with E-state index in [4.69, 9.17) is 0 Å². The second-order valence-corrected chi connectivity index (χ2v) is 21.2. The molecule has 6 heterocycles. The molecule has 0 aliphatic carbocycles. The first kappa shape index (κ1) is 52.5. The molecule has 17 nitrogen and oxygen atoms in total. The van der Waals surface area contributed by atoms with Crippen molar-refractivity contribution in [3.63, 3.8) is 0 Å². The second-order valence-electron chi connectivity index (χ2n) is 20.3. The third kappa shape index (κ3) is 12.5. The molecular weight excluding hydrogens is 955 g/mol. The average Bonchev–Trinajstić information content (AvgIpc) is 4.08. The number of hydrogen-bond acceptors (Lipinski definition) is 13. The Balaban J connectivity index is 0.757. The van der Waals surface area contributed by atoms with Gasteiger partial charge in [0.25, 0.3) is 0 Å². The molecule has 0 unspecified atom stereocenters. The van der Waals surface area contributed by atoms with Crippen LogP contribution in [0.4, 0.5) is 20.5 Å². The van der Waals surface area contributed by atoms with Gasteiger partial charge < -0.3 is 35.4 Å². The van der Waals surface area contributed by atoms with Gasteiger partial charge in [0.1, 0.15) is 34.9 Å². The van der Waals surface area contributed by atoms with Gasteiger partial charge in [-0.15, -0.1) is 11.3 Å². The van der Waals surface area contributed by atoms with E-state index in [0.717, 1.165) is 33.5 Å². The number of aryl methyl sites for hydroxylation is 2. The van der Waals surface area contributed by atoms with Crippen LogP contribution in [0.3, 0.4) is 0 Å². The van der Waals surface area contributed by atoms with Crippen molar-refractivity contribution < 1.29 is 33.1 Å². The SMILES string of the molecule is Cc1ncsc1-c1ccc(CNC(=O)[C@@H]2C[C@@H](O)CN2C(=O)[C@@H](NC(=O)CCCCC(=O)N2CCN(Cc3ccc(Nc4ncc(F)c(-c5cc(F)c6nc(C)n(C(C)C)c6c5)n4)nc3)CC2)C(C)(C)C)cc1. The molecule has 2 saturated heterocycles. The molecule has 4 amide bonds. The van der Waals surface area contributed by atoms with Gasteiger partial charge in [0.15, 0.2) is 11.6 Å². The van der Waals surface area contributed by atoms with Crippen LogP contribution in [0.25, 0.3) is 32.7 Å². The number of anilines is 2. The van der Waals surface area contributed by atoms with Crippen molar-refractivity contribution in [2.75, 3.05) is 38.0 Å². The number of amides is 4. The van der Waals surface area contributed by atoms with Gasteiger partial charge in [-0.05, 0) is 80.8 Å². The maximum Gasteiger partial charge on any atom is 0.246 e. The molecule has 20 heteroatoms. The smallest absolute Gasteiger partial charge is 0.246 e. The number of β-amino-alcohol motifs (C(OH)–C–C–N with tert-alkyl or cyclic N) is 1. The van der Waals surface area contributed by atoms with Crippen molar-refractivity contribution in [3.8, 4) is 21.7 Å².